The Labute approximate surface area is 195 Å². The fraction of sp³-hybridized carbons (Fsp3) is 0.160. The zero-order valence-corrected chi connectivity index (χ0v) is 18.8. The molecule has 4 aromatic rings. The van der Waals surface area contributed by atoms with Crippen LogP contribution < -0.4 is 10.3 Å². The molecule has 3 aromatic carbocycles. The second-order valence-corrected chi connectivity index (χ2v) is 7.73. The highest BCUT2D eigenvalue weighted by molar-refractivity contribution is 5.95. The molecule has 0 fully saturated rings. The van der Waals surface area contributed by atoms with E-state index in [0.717, 1.165) is 0 Å². The van der Waals surface area contributed by atoms with Crippen molar-refractivity contribution in [3.63, 3.8) is 0 Å². The Morgan fingerprint density at radius 1 is 1.09 bits per heavy atom. The van der Waals surface area contributed by atoms with Crippen molar-refractivity contribution in [3.05, 3.63) is 105 Å². The van der Waals surface area contributed by atoms with E-state index in [1.54, 1.807) is 69.6 Å². The maximum atomic E-state index is 13.5. The monoisotopic (exact) mass is 458 g/mol. The molecule has 1 unspecified atom stereocenters. The summed E-state index contributed by atoms with van der Waals surface area (Å²) in [5.41, 5.74) is 0.805. The van der Waals surface area contributed by atoms with Gasteiger partial charge in [0.05, 0.1) is 34.7 Å². The lowest BCUT2D eigenvalue weighted by Crippen LogP contribution is -2.34. The summed E-state index contributed by atoms with van der Waals surface area (Å²) in [6.07, 6.45) is 0. The SMILES string of the molecule is COc1ccc(-n2c(C(C)N(C)C(=O)c3cccc([N+](=O)[O-])c3)nc3ccccc3c2=O)cc1. The van der Waals surface area contributed by atoms with Gasteiger partial charge in [-0.25, -0.2) is 4.98 Å². The number of ether oxygens (including phenoxy) is 1. The van der Waals surface area contributed by atoms with E-state index in [1.807, 2.05) is 0 Å². The summed E-state index contributed by atoms with van der Waals surface area (Å²) in [6.45, 7) is 1.76. The van der Waals surface area contributed by atoms with Crippen molar-refractivity contribution in [2.45, 2.75) is 13.0 Å². The third-order valence-electron chi connectivity index (χ3n) is 5.71. The molecule has 0 radical (unpaired) electrons. The van der Waals surface area contributed by atoms with Crippen LogP contribution in [0.3, 0.4) is 0 Å². The van der Waals surface area contributed by atoms with Gasteiger partial charge in [-0.2, -0.15) is 0 Å². The fourth-order valence-electron chi connectivity index (χ4n) is 3.72. The van der Waals surface area contributed by atoms with Crippen LogP contribution in [0.4, 0.5) is 5.69 Å². The quantitative estimate of drug-likeness (QED) is 0.318. The summed E-state index contributed by atoms with van der Waals surface area (Å²) in [6, 6.07) is 18.9. The minimum absolute atomic E-state index is 0.169. The summed E-state index contributed by atoms with van der Waals surface area (Å²) >= 11 is 0. The summed E-state index contributed by atoms with van der Waals surface area (Å²) < 4.78 is 6.70. The zero-order chi connectivity index (χ0) is 24.4. The van der Waals surface area contributed by atoms with Gasteiger partial charge in [-0.15, -0.1) is 0 Å². The maximum absolute atomic E-state index is 13.5. The molecule has 1 aromatic heterocycles. The molecule has 9 nitrogen and oxygen atoms in total. The zero-order valence-electron chi connectivity index (χ0n) is 18.8. The third-order valence-corrected chi connectivity index (χ3v) is 5.71. The number of non-ortho nitro benzene ring substituents is 1. The van der Waals surface area contributed by atoms with E-state index in [2.05, 4.69) is 0 Å². The Balaban J connectivity index is 1.83. The number of methoxy groups -OCH3 is 1. The number of nitrogens with zero attached hydrogens (tertiary/aromatic N) is 4. The number of carbonyl (C=O) groups is 1. The van der Waals surface area contributed by atoms with Crippen LogP contribution in [0.1, 0.15) is 29.1 Å². The number of rotatable bonds is 6. The Morgan fingerprint density at radius 2 is 1.79 bits per heavy atom. The molecule has 0 saturated carbocycles. The van der Waals surface area contributed by atoms with Crippen LogP contribution in [0, 0.1) is 10.1 Å². The van der Waals surface area contributed by atoms with Crippen molar-refractivity contribution in [3.8, 4) is 11.4 Å². The number of para-hydroxylation sites is 1. The molecule has 9 heteroatoms. The lowest BCUT2D eigenvalue weighted by molar-refractivity contribution is -0.384. The second kappa shape index (κ2) is 9.14. The highest BCUT2D eigenvalue weighted by atomic mass is 16.6. The average Bonchev–Trinajstić information content (AvgIpc) is 2.87. The molecule has 0 aliphatic rings. The number of nitro benzene ring substituents is 1. The second-order valence-electron chi connectivity index (χ2n) is 7.73. The number of hydrogen-bond acceptors (Lipinski definition) is 6. The number of aromatic nitrogens is 2. The highest BCUT2D eigenvalue weighted by Crippen LogP contribution is 2.25. The van der Waals surface area contributed by atoms with Crippen LogP contribution >= 0.6 is 0 Å². The van der Waals surface area contributed by atoms with Gasteiger partial charge < -0.3 is 9.64 Å². The van der Waals surface area contributed by atoms with Gasteiger partial charge in [-0.05, 0) is 49.4 Å². The molecule has 4 rings (SSSR count). The molecular formula is C25H22N4O5. The van der Waals surface area contributed by atoms with Gasteiger partial charge in [0.25, 0.3) is 17.2 Å². The van der Waals surface area contributed by atoms with Gasteiger partial charge >= 0.3 is 0 Å². The van der Waals surface area contributed by atoms with Crippen LogP contribution in [0.5, 0.6) is 5.75 Å². The van der Waals surface area contributed by atoms with Crippen LogP contribution in [0.25, 0.3) is 16.6 Å². The topological polar surface area (TPSA) is 108 Å². The first-order chi connectivity index (χ1) is 16.3. The van der Waals surface area contributed by atoms with E-state index in [1.165, 1.54) is 33.7 Å². The normalized spacial score (nSPS) is 11.7. The van der Waals surface area contributed by atoms with Gasteiger partial charge in [-0.1, -0.05) is 18.2 Å². The molecule has 0 spiro atoms. The van der Waals surface area contributed by atoms with Gasteiger partial charge in [0.2, 0.25) is 0 Å². The van der Waals surface area contributed by atoms with Crippen LogP contribution in [-0.4, -0.2) is 39.4 Å². The molecule has 0 N–H and O–H groups in total. The molecule has 0 aliphatic carbocycles. The molecule has 1 heterocycles. The predicted molar refractivity (Wildman–Crippen MR) is 127 cm³/mol. The number of benzene rings is 3. The molecule has 1 atom stereocenters. The molecule has 34 heavy (non-hydrogen) atoms. The van der Waals surface area contributed by atoms with Gasteiger partial charge in [0.1, 0.15) is 11.6 Å². The molecule has 172 valence electrons. The van der Waals surface area contributed by atoms with E-state index in [9.17, 15) is 19.7 Å². The van der Waals surface area contributed by atoms with Crippen LogP contribution in [-0.2, 0) is 0 Å². The summed E-state index contributed by atoms with van der Waals surface area (Å²) in [7, 11) is 3.13. The third kappa shape index (κ3) is 4.11. The number of nitro groups is 1. The lowest BCUT2D eigenvalue weighted by Gasteiger charge is -2.27. The molecule has 1 amide bonds. The lowest BCUT2D eigenvalue weighted by atomic mass is 10.1. The van der Waals surface area contributed by atoms with E-state index < -0.39 is 16.9 Å². The van der Waals surface area contributed by atoms with E-state index in [0.29, 0.717) is 28.2 Å². The predicted octanol–water partition coefficient (Wildman–Crippen LogP) is 4.14. The van der Waals surface area contributed by atoms with E-state index >= 15 is 0 Å². The smallest absolute Gasteiger partial charge is 0.270 e. The van der Waals surface area contributed by atoms with Crippen molar-refractivity contribution >= 4 is 22.5 Å². The Morgan fingerprint density at radius 3 is 2.47 bits per heavy atom. The largest absolute Gasteiger partial charge is 0.497 e. The van der Waals surface area contributed by atoms with Crippen molar-refractivity contribution in [2.24, 2.45) is 0 Å². The molecule has 0 saturated heterocycles. The molecule has 0 aliphatic heterocycles. The van der Waals surface area contributed by atoms with Crippen molar-refractivity contribution in [1.29, 1.82) is 0 Å². The summed E-state index contributed by atoms with van der Waals surface area (Å²) in [4.78, 5) is 43.4. The number of hydrogen-bond donors (Lipinski definition) is 0. The first kappa shape index (κ1) is 22.7. The van der Waals surface area contributed by atoms with Gasteiger partial charge in [0, 0.05) is 24.7 Å². The van der Waals surface area contributed by atoms with Crippen molar-refractivity contribution < 1.29 is 14.5 Å². The Kier molecular flexibility index (Phi) is 6.09. The minimum Gasteiger partial charge on any atom is -0.497 e. The maximum Gasteiger partial charge on any atom is 0.270 e. The highest BCUT2D eigenvalue weighted by Gasteiger charge is 2.25. The van der Waals surface area contributed by atoms with Gasteiger partial charge in [0.15, 0.2) is 0 Å². The summed E-state index contributed by atoms with van der Waals surface area (Å²) in [5.74, 6) is 0.563. The van der Waals surface area contributed by atoms with Crippen LogP contribution in [0.15, 0.2) is 77.6 Å². The number of carbonyl (C=O) groups excluding carboxylic acids is 1. The first-order valence-electron chi connectivity index (χ1n) is 10.5. The minimum atomic E-state index is -0.633. The number of fused-ring (bicyclic) bond motifs is 1. The molecular weight excluding hydrogens is 436 g/mol. The Hall–Kier alpha value is -4.53. The van der Waals surface area contributed by atoms with E-state index in [-0.39, 0.29) is 16.8 Å². The number of amides is 1. The van der Waals surface area contributed by atoms with E-state index in [4.69, 9.17) is 9.72 Å². The average molecular weight is 458 g/mol. The Bertz CT molecular complexity index is 1450. The standard InChI is InChI=1S/C25H22N4O5/c1-16(27(2)24(30)17-7-6-8-19(15-17)29(32)33)23-26-22-10-5-4-9-21(22)25(31)28(23)18-11-13-20(34-3)14-12-18/h4-16H,1-3H3. The summed E-state index contributed by atoms with van der Waals surface area (Å²) in [5, 5.41) is 11.6. The first-order valence-corrected chi connectivity index (χ1v) is 10.5. The molecule has 0 bridgehead atoms. The van der Waals surface area contributed by atoms with Crippen molar-refractivity contribution in [2.75, 3.05) is 14.2 Å². The van der Waals surface area contributed by atoms with Crippen LogP contribution in [0.2, 0.25) is 0 Å². The van der Waals surface area contributed by atoms with Crippen molar-refractivity contribution in [1.82, 2.24) is 14.5 Å². The fourth-order valence-corrected chi connectivity index (χ4v) is 3.72. The van der Waals surface area contributed by atoms with Gasteiger partial charge in [-0.3, -0.25) is 24.3 Å².